The summed E-state index contributed by atoms with van der Waals surface area (Å²) in [5.74, 6) is -0.189. The zero-order valence-corrected chi connectivity index (χ0v) is 7.07. The second kappa shape index (κ2) is 3.07. The third kappa shape index (κ3) is 1.25. The van der Waals surface area contributed by atoms with Gasteiger partial charge in [0.1, 0.15) is 5.82 Å². The van der Waals surface area contributed by atoms with Crippen molar-refractivity contribution in [2.45, 2.75) is 0 Å². The molecule has 2 aromatic rings. The van der Waals surface area contributed by atoms with E-state index >= 15 is 0 Å². The van der Waals surface area contributed by atoms with Crippen LogP contribution in [0.25, 0.3) is 11.1 Å². The Morgan fingerprint density at radius 3 is 2.50 bits per heavy atom. The molecule has 0 atom stereocenters. The van der Waals surface area contributed by atoms with Gasteiger partial charge in [-0.05, 0) is 5.56 Å². The molecule has 0 aliphatic rings. The summed E-state index contributed by atoms with van der Waals surface area (Å²) in [7, 11) is 0. The molecule has 12 heavy (non-hydrogen) atoms. The molecule has 0 bridgehead atoms. The standard InChI is InChI=1S/C10H6FS/c11-10-7-12-6-9(10)8-4-2-1-3-5-8/h1-5,7H. The van der Waals surface area contributed by atoms with Crippen molar-refractivity contribution in [2.24, 2.45) is 0 Å². The van der Waals surface area contributed by atoms with Gasteiger partial charge in [0, 0.05) is 10.9 Å². The molecular formula is C10H6FS. The largest absolute Gasteiger partial charge is 0.205 e. The predicted molar refractivity (Wildman–Crippen MR) is 48.5 cm³/mol. The second-order valence-corrected chi connectivity index (χ2v) is 3.10. The molecule has 0 amide bonds. The molecule has 0 saturated heterocycles. The highest BCUT2D eigenvalue weighted by atomic mass is 32.1. The summed E-state index contributed by atoms with van der Waals surface area (Å²) in [6.07, 6.45) is 0. The van der Waals surface area contributed by atoms with Crippen molar-refractivity contribution in [3.8, 4) is 11.1 Å². The lowest BCUT2D eigenvalue weighted by Crippen LogP contribution is -1.75. The van der Waals surface area contributed by atoms with Crippen LogP contribution in [0.5, 0.6) is 0 Å². The summed E-state index contributed by atoms with van der Waals surface area (Å²) in [5.41, 5.74) is 1.46. The van der Waals surface area contributed by atoms with E-state index in [1.165, 1.54) is 16.7 Å². The molecule has 0 fully saturated rings. The van der Waals surface area contributed by atoms with Crippen molar-refractivity contribution in [1.29, 1.82) is 0 Å². The fourth-order valence-corrected chi connectivity index (χ4v) is 1.66. The zero-order chi connectivity index (χ0) is 8.39. The van der Waals surface area contributed by atoms with Gasteiger partial charge in [-0.25, -0.2) is 4.39 Å². The van der Waals surface area contributed by atoms with E-state index in [0.717, 1.165) is 5.56 Å². The van der Waals surface area contributed by atoms with Gasteiger partial charge < -0.3 is 0 Å². The second-order valence-electron chi connectivity index (χ2n) is 2.43. The van der Waals surface area contributed by atoms with Gasteiger partial charge in [0.05, 0.1) is 5.38 Å². The quantitative estimate of drug-likeness (QED) is 0.626. The van der Waals surface area contributed by atoms with Gasteiger partial charge in [0.2, 0.25) is 0 Å². The minimum absolute atomic E-state index is 0.189. The van der Waals surface area contributed by atoms with E-state index in [2.05, 4.69) is 5.38 Å². The van der Waals surface area contributed by atoms with Crippen molar-refractivity contribution in [2.75, 3.05) is 0 Å². The highest BCUT2D eigenvalue weighted by molar-refractivity contribution is 7.07. The highest BCUT2D eigenvalue weighted by Crippen LogP contribution is 2.24. The Bertz CT molecular complexity index is 364. The normalized spacial score (nSPS) is 10.1. The van der Waals surface area contributed by atoms with Crippen LogP contribution in [0.4, 0.5) is 4.39 Å². The Morgan fingerprint density at radius 2 is 1.92 bits per heavy atom. The fraction of sp³-hybridized carbons (Fsp3) is 0. The third-order valence-corrected chi connectivity index (χ3v) is 2.27. The minimum atomic E-state index is -0.189. The van der Waals surface area contributed by atoms with Crippen molar-refractivity contribution >= 4 is 11.3 Å². The molecule has 1 aromatic heterocycles. The van der Waals surface area contributed by atoms with Crippen LogP contribution >= 0.6 is 11.3 Å². The first-order chi connectivity index (χ1) is 5.88. The fourth-order valence-electron chi connectivity index (χ4n) is 1.05. The summed E-state index contributed by atoms with van der Waals surface area (Å²) in [4.78, 5) is 0. The summed E-state index contributed by atoms with van der Waals surface area (Å²) in [6.45, 7) is 0. The molecule has 59 valence electrons. The molecule has 0 aliphatic heterocycles. The molecule has 1 aromatic carbocycles. The summed E-state index contributed by atoms with van der Waals surface area (Å²) in [5, 5.41) is 4.35. The molecule has 2 rings (SSSR count). The van der Waals surface area contributed by atoms with E-state index in [1.54, 1.807) is 0 Å². The van der Waals surface area contributed by atoms with E-state index in [4.69, 9.17) is 0 Å². The lowest BCUT2D eigenvalue weighted by Gasteiger charge is -1.95. The summed E-state index contributed by atoms with van der Waals surface area (Å²) < 4.78 is 13.0. The Hall–Kier alpha value is -1.15. The topological polar surface area (TPSA) is 0 Å². The monoisotopic (exact) mass is 177 g/mol. The number of rotatable bonds is 1. The molecular weight excluding hydrogens is 171 g/mol. The van der Waals surface area contributed by atoms with Gasteiger partial charge in [0.15, 0.2) is 0 Å². The average molecular weight is 177 g/mol. The maximum absolute atomic E-state index is 13.0. The van der Waals surface area contributed by atoms with Gasteiger partial charge in [-0.1, -0.05) is 30.3 Å². The molecule has 1 radical (unpaired) electrons. The molecule has 0 aliphatic carbocycles. The Morgan fingerprint density at radius 1 is 1.17 bits per heavy atom. The van der Waals surface area contributed by atoms with E-state index in [-0.39, 0.29) is 5.82 Å². The summed E-state index contributed by atoms with van der Waals surface area (Å²) in [6, 6.07) is 9.44. The van der Waals surface area contributed by atoms with Crippen molar-refractivity contribution < 1.29 is 4.39 Å². The molecule has 0 spiro atoms. The molecule has 0 nitrogen and oxygen atoms in total. The minimum Gasteiger partial charge on any atom is -0.205 e. The number of benzene rings is 1. The van der Waals surface area contributed by atoms with Crippen LogP contribution in [0.15, 0.2) is 35.7 Å². The van der Waals surface area contributed by atoms with Gasteiger partial charge in [-0.3, -0.25) is 0 Å². The Balaban J connectivity index is 2.51. The maximum Gasteiger partial charge on any atom is 0.142 e. The Labute approximate surface area is 74.3 Å². The van der Waals surface area contributed by atoms with Gasteiger partial charge >= 0.3 is 0 Å². The summed E-state index contributed by atoms with van der Waals surface area (Å²) >= 11 is 1.26. The van der Waals surface area contributed by atoms with Crippen LogP contribution in [0.3, 0.4) is 0 Å². The SMILES string of the molecule is Fc1cs[c]c1-c1ccccc1. The first-order valence-corrected chi connectivity index (χ1v) is 4.46. The van der Waals surface area contributed by atoms with Crippen LogP contribution < -0.4 is 0 Å². The molecule has 2 heteroatoms. The van der Waals surface area contributed by atoms with Crippen molar-refractivity contribution in [3.63, 3.8) is 0 Å². The maximum atomic E-state index is 13.0. The van der Waals surface area contributed by atoms with E-state index in [9.17, 15) is 4.39 Å². The molecule has 0 saturated carbocycles. The van der Waals surface area contributed by atoms with Gasteiger partial charge in [-0.2, -0.15) is 0 Å². The van der Waals surface area contributed by atoms with Crippen molar-refractivity contribution in [3.05, 3.63) is 46.9 Å². The number of hydrogen-bond acceptors (Lipinski definition) is 1. The number of thiophene rings is 1. The predicted octanol–water partition coefficient (Wildman–Crippen LogP) is 3.35. The van der Waals surface area contributed by atoms with Gasteiger partial charge in [-0.15, -0.1) is 11.3 Å². The van der Waals surface area contributed by atoms with Crippen LogP contribution in [0, 0.1) is 11.2 Å². The smallest absolute Gasteiger partial charge is 0.142 e. The zero-order valence-electron chi connectivity index (χ0n) is 6.25. The highest BCUT2D eigenvalue weighted by Gasteiger charge is 2.04. The van der Waals surface area contributed by atoms with Crippen LogP contribution in [-0.2, 0) is 0 Å². The van der Waals surface area contributed by atoms with Crippen LogP contribution in [0.2, 0.25) is 0 Å². The van der Waals surface area contributed by atoms with Crippen molar-refractivity contribution in [1.82, 2.24) is 0 Å². The average Bonchev–Trinajstić information content (AvgIpc) is 2.53. The van der Waals surface area contributed by atoms with E-state index < -0.39 is 0 Å². The lowest BCUT2D eigenvalue weighted by atomic mass is 10.1. The van der Waals surface area contributed by atoms with Gasteiger partial charge in [0.25, 0.3) is 0 Å². The van der Waals surface area contributed by atoms with Crippen LogP contribution in [0.1, 0.15) is 0 Å². The van der Waals surface area contributed by atoms with E-state index in [1.807, 2.05) is 30.3 Å². The van der Waals surface area contributed by atoms with Crippen LogP contribution in [-0.4, -0.2) is 0 Å². The van der Waals surface area contributed by atoms with E-state index in [0.29, 0.717) is 5.56 Å². The lowest BCUT2D eigenvalue weighted by molar-refractivity contribution is 0.636. The number of halogens is 1. The number of hydrogen-bond donors (Lipinski definition) is 0. The first kappa shape index (κ1) is 7.50. The molecule has 1 heterocycles. The molecule has 0 N–H and O–H groups in total. The first-order valence-electron chi connectivity index (χ1n) is 3.58. The Kier molecular flexibility index (Phi) is 1.92. The molecule has 0 unspecified atom stereocenters. The third-order valence-electron chi connectivity index (χ3n) is 1.62.